The molecule has 0 aliphatic rings. The Balaban J connectivity index is 3.08. The van der Waals surface area contributed by atoms with E-state index in [9.17, 15) is 9.18 Å². The Kier molecular flexibility index (Phi) is 2.23. The van der Waals surface area contributed by atoms with Gasteiger partial charge in [0.25, 0.3) is 5.91 Å². The van der Waals surface area contributed by atoms with Gasteiger partial charge in [-0.25, -0.2) is 4.39 Å². The van der Waals surface area contributed by atoms with Crippen molar-refractivity contribution >= 4 is 11.6 Å². The molecule has 1 aromatic rings. The lowest BCUT2D eigenvalue weighted by atomic mass is 9.97. The van der Waals surface area contributed by atoms with E-state index in [2.05, 4.69) is 0 Å². The van der Waals surface area contributed by atoms with E-state index < -0.39 is 11.6 Å². The summed E-state index contributed by atoms with van der Waals surface area (Å²) < 4.78 is 13.6. The average molecular weight is 182 g/mol. The molecule has 3 nitrogen and oxygen atoms in total. The van der Waals surface area contributed by atoms with Crippen LogP contribution < -0.4 is 11.5 Å². The number of carbonyl (C=O) groups is 1. The quantitative estimate of drug-likeness (QED) is 0.668. The van der Waals surface area contributed by atoms with Crippen LogP contribution in [0, 0.1) is 0 Å². The second kappa shape index (κ2) is 3.05. The van der Waals surface area contributed by atoms with E-state index in [1.54, 1.807) is 0 Å². The third-order valence-corrected chi connectivity index (χ3v) is 1.92. The molecule has 1 unspecified atom stereocenters. The molecule has 70 valence electrons. The van der Waals surface area contributed by atoms with Gasteiger partial charge in [-0.15, -0.1) is 0 Å². The van der Waals surface area contributed by atoms with Gasteiger partial charge in [-0.2, -0.15) is 0 Å². The third-order valence-electron chi connectivity index (χ3n) is 1.92. The Morgan fingerprint density at radius 2 is 1.85 bits per heavy atom. The minimum atomic E-state index is -2.13. The van der Waals surface area contributed by atoms with E-state index in [0.717, 1.165) is 6.92 Å². The number of nitrogen functional groups attached to an aromatic ring is 1. The molecule has 0 saturated heterocycles. The Morgan fingerprint density at radius 3 is 2.23 bits per heavy atom. The maximum Gasteiger partial charge on any atom is 0.259 e. The predicted molar refractivity (Wildman–Crippen MR) is 48.5 cm³/mol. The molecule has 0 heterocycles. The molecule has 1 aromatic carbocycles. The summed E-state index contributed by atoms with van der Waals surface area (Å²) >= 11 is 0. The predicted octanol–water partition coefficient (Wildman–Crippen LogP) is 0.939. The number of rotatable bonds is 2. The average Bonchev–Trinajstić information content (AvgIpc) is 2.04. The van der Waals surface area contributed by atoms with Crippen LogP contribution in [0.3, 0.4) is 0 Å². The molecule has 0 aromatic heterocycles. The molecule has 1 rings (SSSR count). The monoisotopic (exact) mass is 182 g/mol. The number of alkyl halides is 1. The molecule has 0 aliphatic heterocycles. The van der Waals surface area contributed by atoms with Crippen LogP contribution in [0.15, 0.2) is 24.3 Å². The summed E-state index contributed by atoms with van der Waals surface area (Å²) in [5.74, 6) is -1.00. The Hall–Kier alpha value is -1.58. The Morgan fingerprint density at radius 1 is 1.38 bits per heavy atom. The topological polar surface area (TPSA) is 69.1 Å². The van der Waals surface area contributed by atoms with Gasteiger partial charge in [0.1, 0.15) is 0 Å². The van der Waals surface area contributed by atoms with Crippen LogP contribution in [-0.2, 0) is 10.5 Å². The van der Waals surface area contributed by atoms with E-state index >= 15 is 0 Å². The second-order valence-corrected chi connectivity index (χ2v) is 2.99. The fourth-order valence-electron chi connectivity index (χ4n) is 0.938. The molecule has 1 atom stereocenters. The molecular formula is C9H11FN2O. The number of primary amides is 1. The first kappa shape index (κ1) is 9.51. The van der Waals surface area contributed by atoms with E-state index in [4.69, 9.17) is 11.5 Å². The van der Waals surface area contributed by atoms with Gasteiger partial charge in [0, 0.05) is 5.69 Å². The number of anilines is 1. The highest BCUT2D eigenvalue weighted by atomic mass is 19.1. The molecule has 13 heavy (non-hydrogen) atoms. The minimum Gasteiger partial charge on any atom is -0.399 e. The molecule has 4 heteroatoms. The summed E-state index contributed by atoms with van der Waals surface area (Å²) in [7, 11) is 0. The van der Waals surface area contributed by atoms with Crippen LogP contribution in [0.5, 0.6) is 0 Å². The smallest absolute Gasteiger partial charge is 0.259 e. The van der Waals surface area contributed by atoms with Gasteiger partial charge < -0.3 is 11.5 Å². The largest absolute Gasteiger partial charge is 0.399 e. The van der Waals surface area contributed by atoms with Crippen molar-refractivity contribution < 1.29 is 9.18 Å². The number of hydrogen-bond donors (Lipinski definition) is 2. The Labute approximate surface area is 75.5 Å². The number of carbonyl (C=O) groups excluding carboxylic acids is 1. The number of hydrogen-bond acceptors (Lipinski definition) is 2. The van der Waals surface area contributed by atoms with E-state index in [0.29, 0.717) is 5.69 Å². The first-order valence-electron chi connectivity index (χ1n) is 3.79. The van der Waals surface area contributed by atoms with Gasteiger partial charge in [-0.1, -0.05) is 12.1 Å². The number of benzene rings is 1. The third kappa shape index (κ3) is 1.77. The molecule has 0 radical (unpaired) electrons. The zero-order chi connectivity index (χ0) is 10.1. The zero-order valence-corrected chi connectivity index (χ0v) is 7.25. The van der Waals surface area contributed by atoms with Crippen molar-refractivity contribution in [3.8, 4) is 0 Å². The number of halogens is 1. The lowest BCUT2D eigenvalue weighted by Gasteiger charge is -2.16. The summed E-state index contributed by atoms with van der Waals surface area (Å²) in [6, 6.07) is 5.94. The molecular weight excluding hydrogens is 171 g/mol. The summed E-state index contributed by atoms with van der Waals surface area (Å²) in [6.07, 6.45) is 0. The SMILES string of the molecule is CC(F)(C(N)=O)c1ccc(N)cc1. The van der Waals surface area contributed by atoms with Gasteiger partial charge in [0.05, 0.1) is 0 Å². The van der Waals surface area contributed by atoms with Gasteiger partial charge in [-0.05, 0) is 24.6 Å². The second-order valence-electron chi connectivity index (χ2n) is 2.99. The fraction of sp³-hybridized carbons (Fsp3) is 0.222. The summed E-state index contributed by atoms with van der Waals surface area (Å²) in [5, 5.41) is 0. The molecule has 0 fully saturated rings. The highest BCUT2D eigenvalue weighted by molar-refractivity contribution is 5.84. The molecule has 0 aliphatic carbocycles. The summed E-state index contributed by atoms with van der Waals surface area (Å²) in [4.78, 5) is 10.7. The van der Waals surface area contributed by atoms with Crippen LogP contribution >= 0.6 is 0 Å². The summed E-state index contributed by atoms with van der Waals surface area (Å²) in [5.41, 5.74) is 8.91. The molecule has 0 bridgehead atoms. The number of amides is 1. The van der Waals surface area contributed by atoms with E-state index in [1.807, 2.05) is 0 Å². The molecule has 1 amide bonds. The Bertz CT molecular complexity index is 319. The number of nitrogens with two attached hydrogens (primary N) is 2. The summed E-state index contributed by atoms with van der Waals surface area (Å²) in [6.45, 7) is 1.13. The van der Waals surface area contributed by atoms with Gasteiger partial charge in [0.2, 0.25) is 5.67 Å². The van der Waals surface area contributed by atoms with E-state index in [1.165, 1.54) is 24.3 Å². The highest BCUT2D eigenvalue weighted by Crippen LogP contribution is 2.25. The fourth-order valence-corrected chi connectivity index (χ4v) is 0.938. The molecule has 0 spiro atoms. The molecule has 4 N–H and O–H groups in total. The lowest BCUT2D eigenvalue weighted by Crippen LogP contribution is -2.34. The van der Waals surface area contributed by atoms with Crippen LogP contribution in [0.25, 0.3) is 0 Å². The zero-order valence-electron chi connectivity index (χ0n) is 7.25. The van der Waals surface area contributed by atoms with Gasteiger partial charge in [-0.3, -0.25) is 4.79 Å². The van der Waals surface area contributed by atoms with Crippen molar-refractivity contribution in [1.29, 1.82) is 0 Å². The van der Waals surface area contributed by atoms with Crippen molar-refractivity contribution in [3.63, 3.8) is 0 Å². The van der Waals surface area contributed by atoms with Crippen molar-refractivity contribution in [2.24, 2.45) is 5.73 Å². The van der Waals surface area contributed by atoms with Crippen molar-refractivity contribution in [1.82, 2.24) is 0 Å². The van der Waals surface area contributed by atoms with Crippen LogP contribution in [0.4, 0.5) is 10.1 Å². The maximum absolute atomic E-state index is 13.6. The van der Waals surface area contributed by atoms with Gasteiger partial charge >= 0.3 is 0 Å². The van der Waals surface area contributed by atoms with Crippen LogP contribution in [0.1, 0.15) is 12.5 Å². The van der Waals surface area contributed by atoms with Crippen molar-refractivity contribution in [2.75, 3.05) is 5.73 Å². The standard InChI is InChI=1S/C9H11FN2O/c1-9(10,8(12)13)6-2-4-7(11)5-3-6/h2-5H,11H2,1H3,(H2,12,13). The lowest BCUT2D eigenvalue weighted by molar-refractivity contribution is -0.128. The minimum absolute atomic E-state index is 0.217. The van der Waals surface area contributed by atoms with Crippen LogP contribution in [0.2, 0.25) is 0 Å². The molecule has 0 saturated carbocycles. The van der Waals surface area contributed by atoms with Crippen LogP contribution in [-0.4, -0.2) is 5.91 Å². The van der Waals surface area contributed by atoms with Crippen molar-refractivity contribution in [3.05, 3.63) is 29.8 Å². The first-order chi connectivity index (χ1) is 5.94. The van der Waals surface area contributed by atoms with Gasteiger partial charge in [0.15, 0.2) is 0 Å². The van der Waals surface area contributed by atoms with Crippen molar-refractivity contribution in [2.45, 2.75) is 12.6 Å². The maximum atomic E-state index is 13.6. The highest BCUT2D eigenvalue weighted by Gasteiger charge is 2.32. The normalized spacial score (nSPS) is 14.9. The van der Waals surface area contributed by atoms with E-state index in [-0.39, 0.29) is 5.56 Å². The first-order valence-corrected chi connectivity index (χ1v) is 3.79.